The lowest BCUT2D eigenvalue weighted by Gasteiger charge is -2.09. The van der Waals surface area contributed by atoms with Crippen molar-refractivity contribution >= 4 is 17.7 Å². The Labute approximate surface area is 150 Å². The van der Waals surface area contributed by atoms with E-state index in [1.807, 2.05) is 24.3 Å². The Balaban J connectivity index is 1.54. The summed E-state index contributed by atoms with van der Waals surface area (Å²) in [6.45, 7) is 4.01. The van der Waals surface area contributed by atoms with Crippen molar-refractivity contribution in [2.24, 2.45) is 0 Å². The van der Waals surface area contributed by atoms with Crippen molar-refractivity contribution in [2.75, 3.05) is 12.4 Å². The van der Waals surface area contributed by atoms with Crippen molar-refractivity contribution in [1.82, 2.24) is 0 Å². The van der Waals surface area contributed by atoms with Crippen molar-refractivity contribution in [3.63, 3.8) is 0 Å². The van der Waals surface area contributed by atoms with Crippen molar-refractivity contribution in [2.45, 2.75) is 18.9 Å². The summed E-state index contributed by atoms with van der Waals surface area (Å²) in [4.78, 5) is 23.2. The molecule has 0 spiro atoms. The van der Waals surface area contributed by atoms with Crippen LogP contribution in [-0.4, -0.2) is 19.2 Å². The number of anilines is 1. The Morgan fingerprint density at radius 3 is 2.50 bits per heavy atom. The minimum atomic E-state index is -0.783. The summed E-state index contributed by atoms with van der Waals surface area (Å²) in [6, 6.07) is 11.4. The van der Waals surface area contributed by atoms with Gasteiger partial charge in [0.15, 0.2) is 0 Å². The van der Waals surface area contributed by atoms with Crippen molar-refractivity contribution < 1.29 is 23.5 Å². The molecule has 1 saturated carbocycles. The Bertz CT molecular complexity index is 861. The fourth-order valence-electron chi connectivity index (χ4n) is 2.56. The number of amides is 1. The number of hydrogen-bond donors (Lipinski definition) is 1. The Morgan fingerprint density at radius 2 is 1.92 bits per heavy atom. The second kappa shape index (κ2) is 7.39. The molecule has 6 heteroatoms. The lowest BCUT2D eigenvalue weighted by atomic mass is 10.1. The number of esters is 1. The summed E-state index contributed by atoms with van der Waals surface area (Å²) in [5, 5.41) is 2.31. The van der Waals surface area contributed by atoms with Gasteiger partial charge in [0.2, 0.25) is 0 Å². The maximum Gasteiger partial charge on any atom is 0.412 e. The van der Waals surface area contributed by atoms with Crippen LogP contribution in [0, 0.1) is 5.82 Å². The predicted molar refractivity (Wildman–Crippen MR) is 94.5 cm³/mol. The van der Waals surface area contributed by atoms with Crippen LogP contribution in [0.4, 0.5) is 14.9 Å². The molecule has 2 aromatic rings. The van der Waals surface area contributed by atoms with Gasteiger partial charge in [-0.15, -0.1) is 0 Å². The van der Waals surface area contributed by atoms with E-state index < -0.39 is 17.9 Å². The zero-order valence-corrected chi connectivity index (χ0v) is 14.3. The molecular weight excluding hydrogens is 337 g/mol. The number of carbonyl (C=O) groups excluding carboxylic acids is 2. The molecule has 0 aromatic heterocycles. The predicted octanol–water partition coefficient (Wildman–Crippen LogP) is 4.40. The summed E-state index contributed by atoms with van der Waals surface area (Å²) in [7, 11) is 1.21. The van der Waals surface area contributed by atoms with Crippen LogP contribution in [0.15, 0.2) is 54.6 Å². The average Bonchev–Trinajstić information content (AvgIpc) is 3.38. The van der Waals surface area contributed by atoms with E-state index in [1.165, 1.54) is 30.4 Å². The largest absolute Gasteiger partial charge is 0.465 e. The van der Waals surface area contributed by atoms with E-state index in [4.69, 9.17) is 4.74 Å². The summed E-state index contributed by atoms with van der Waals surface area (Å²) >= 11 is 0. The molecule has 2 aromatic carbocycles. The lowest BCUT2D eigenvalue weighted by molar-refractivity contribution is 0.0600. The van der Waals surface area contributed by atoms with Crippen LogP contribution >= 0.6 is 0 Å². The molecule has 134 valence electrons. The van der Waals surface area contributed by atoms with Gasteiger partial charge in [-0.05, 0) is 35.7 Å². The molecule has 1 atom stereocenters. The van der Waals surface area contributed by atoms with Gasteiger partial charge in [-0.3, -0.25) is 5.32 Å². The fraction of sp³-hybridized carbons (Fsp3) is 0.200. The maximum absolute atomic E-state index is 13.9. The van der Waals surface area contributed by atoms with E-state index in [1.54, 1.807) is 0 Å². The van der Waals surface area contributed by atoms with Crippen LogP contribution in [0.25, 0.3) is 0 Å². The number of carbonyl (C=O) groups is 2. The van der Waals surface area contributed by atoms with Crippen LogP contribution in [0.2, 0.25) is 0 Å². The normalized spacial score (nSPS) is 15.3. The van der Waals surface area contributed by atoms with Gasteiger partial charge in [-0.2, -0.15) is 0 Å². The first-order chi connectivity index (χ1) is 12.5. The van der Waals surface area contributed by atoms with Crippen LogP contribution in [0.3, 0.4) is 0 Å². The molecule has 5 nitrogen and oxygen atoms in total. The zero-order chi connectivity index (χ0) is 18.7. The van der Waals surface area contributed by atoms with E-state index in [0.717, 1.165) is 18.1 Å². The first-order valence-corrected chi connectivity index (χ1v) is 8.06. The van der Waals surface area contributed by atoms with Crippen LogP contribution in [0.1, 0.15) is 33.8 Å². The smallest absolute Gasteiger partial charge is 0.412 e. The van der Waals surface area contributed by atoms with E-state index in [-0.39, 0.29) is 17.9 Å². The van der Waals surface area contributed by atoms with E-state index >= 15 is 0 Å². The minimum Gasteiger partial charge on any atom is -0.465 e. The van der Waals surface area contributed by atoms with Gasteiger partial charge in [-0.25, -0.2) is 14.0 Å². The van der Waals surface area contributed by atoms with Gasteiger partial charge >= 0.3 is 12.1 Å². The van der Waals surface area contributed by atoms with Crippen LogP contribution < -0.4 is 5.32 Å². The Morgan fingerprint density at radius 1 is 1.23 bits per heavy atom. The number of ether oxygens (including phenoxy) is 2. The third kappa shape index (κ3) is 4.08. The second-order valence-corrected chi connectivity index (χ2v) is 6.04. The molecule has 3 rings (SSSR count). The van der Waals surface area contributed by atoms with Gasteiger partial charge < -0.3 is 9.47 Å². The van der Waals surface area contributed by atoms with E-state index in [2.05, 4.69) is 16.6 Å². The summed E-state index contributed by atoms with van der Waals surface area (Å²) < 4.78 is 23.6. The third-order valence-electron chi connectivity index (χ3n) is 4.18. The van der Waals surface area contributed by atoms with Crippen molar-refractivity contribution in [1.29, 1.82) is 0 Å². The minimum absolute atomic E-state index is 0.0577. The summed E-state index contributed by atoms with van der Waals surface area (Å²) in [5.74, 6) is -0.959. The van der Waals surface area contributed by atoms with Crippen LogP contribution in [0.5, 0.6) is 0 Å². The number of rotatable bonds is 5. The first-order valence-electron chi connectivity index (χ1n) is 8.06. The molecule has 1 aliphatic carbocycles. The van der Waals surface area contributed by atoms with E-state index in [0.29, 0.717) is 5.92 Å². The quantitative estimate of drug-likeness (QED) is 0.638. The molecule has 1 aliphatic rings. The number of methoxy groups -OCH3 is 1. The molecule has 1 unspecified atom stereocenters. The number of allylic oxidation sites excluding steroid dienone is 1. The Kier molecular flexibility index (Phi) is 5.02. The van der Waals surface area contributed by atoms with Crippen molar-refractivity contribution in [3.8, 4) is 0 Å². The average molecular weight is 355 g/mol. The van der Waals surface area contributed by atoms with Gasteiger partial charge in [0.05, 0.1) is 18.4 Å². The van der Waals surface area contributed by atoms with E-state index in [9.17, 15) is 14.0 Å². The van der Waals surface area contributed by atoms with Gasteiger partial charge in [0.1, 0.15) is 12.4 Å². The van der Waals surface area contributed by atoms with Crippen molar-refractivity contribution in [3.05, 3.63) is 77.1 Å². The van der Waals surface area contributed by atoms with Gasteiger partial charge in [0, 0.05) is 5.92 Å². The Hall–Kier alpha value is -3.15. The molecule has 26 heavy (non-hydrogen) atoms. The maximum atomic E-state index is 13.9. The SMILES string of the molecule is C=C1CC1c1ccc(COC(=O)Nc2ccc(C(=O)OC)cc2F)cc1. The highest BCUT2D eigenvalue weighted by atomic mass is 19.1. The molecule has 1 fully saturated rings. The molecule has 0 radical (unpaired) electrons. The summed E-state index contributed by atoms with van der Waals surface area (Å²) in [6.07, 6.45) is 0.243. The zero-order valence-electron chi connectivity index (χ0n) is 14.3. The molecule has 1 amide bonds. The summed E-state index contributed by atoms with van der Waals surface area (Å²) in [5.41, 5.74) is 3.24. The highest BCUT2D eigenvalue weighted by Crippen LogP contribution is 2.45. The second-order valence-electron chi connectivity index (χ2n) is 6.04. The molecule has 0 bridgehead atoms. The van der Waals surface area contributed by atoms with Crippen LogP contribution in [-0.2, 0) is 16.1 Å². The van der Waals surface area contributed by atoms with Gasteiger partial charge in [-0.1, -0.05) is 36.4 Å². The van der Waals surface area contributed by atoms with Gasteiger partial charge in [0.25, 0.3) is 0 Å². The standard InChI is InChI=1S/C20H18FNO4/c1-12-9-16(12)14-5-3-13(4-6-14)11-26-20(24)22-18-8-7-15(10-17(18)21)19(23)25-2/h3-8,10,16H,1,9,11H2,2H3,(H,22,24). The fourth-order valence-corrected chi connectivity index (χ4v) is 2.56. The first kappa shape index (κ1) is 17.7. The molecule has 0 aliphatic heterocycles. The topological polar surface area (TPSA) is 64.6 Å². The lowest BCUT2D eigenvalue weighted by Crippen LogP contribution is -2.15. The third-order valence-corrected chi connectivity index (χ3v) is 4.18. The molecule has 1 N–H and O–H groups in total. The molecule has 0 saturated heterocycles. The highest BCUT2D eigenvalue weighted by molar-refractivity contribution is 5.91. The number of nitrogens with one attached hydrogen (secondary N) is 1. The number of benzene rings is 2. The monoisotopic (exact) mass is 355 g/mol. The molecule has 0 heterocycles. The highest BCUT2D eigenvalue weighted by Gasteiger charge is 2.28. The number of hydrogen-bond acceptors (Lipinski definition) is 4. The molecular formula is C20H18FNO4. The number of halogens is 1.